The van der Waals surface area contributed by atoms with Gasteiger partial charge in [-0.2, -0.15) is 0 Å². The number of carbonyl (C=O) groups excluding carboxylic acids is 2. The Morgan fingerprint density at radius 2 is 2.00 bits per heavy atom. The molecule has 0 saturated heterocycles. The first-order chi connectivity index (χ1) is 7.69. The van der Waals surface area contributed by atoms with E-state index in [-0.39, 0.29) is 11.9 Å². The van der Waals surface area contributed by atoms with E-state index in [1.54, 1.807) is 6.92 Å². The van der Waals surface area contributed by atoms with Gasteiger partial charge in [0.05, 0.1) is 12.5 Å². The van der Waals surface area contributed by atoms with Gasteiger partial charge in [-0.15, -0.1) is 0 Å². The van der Waals surface area contributed by atoms with Crippen molar-refractivity contribution in [2.24, 2.45) is 17.8 Å². The molecule has 0 aromatic heterocycles. The molecule has 1 unspecified atom stereocenters. The molecule has 92 valence electrons. The van der Waals surface area contributed by atoms with Crippen LogP contribution in [0.25, 0.3) is 0 Å². The second-order valence-corrected chi connectivity index (χ2v) is 4.78. The molecule has 0 aromatic rings. The molecule has 1 aliphatic carbocycles. The molecule has 0 bridgehead atoms. The van der Waals surface area contributed by atoms with Crippen molar-refractivity contribution in [3.05, 3.63) is 0 Å². The summed E-state index contributed by atoms with van der Waals surface area (Å²) in [6, 6.07) is 0. The molecule has 0 aliphatic heterocycles. The van der Waals surface area contributed by atoms with Crippen LogP contribution in [0.1, 0.15) is 46.0 Å². The lowest BCUT2D eigenvalue weighted by Gasteiger charge is -2.30. The van der Waals surface area contributed by atoms with Crippen molar-refractivity contribution in [1.29, 1.82) is 0 Å². The molecule has 1 fully saturated rings. The summed E-state index contributed by atoms with van der Waals surface area (Å²) in [4.78, 5) is 22.4. The van der Waals surface area contributed by atoms with Crippen molar-refractivity contribution in [1.82, 2.24) is 0 Å². The van der Waals surface area contributed by atoms with Gasteiger partial charge in [-0.1, -0.05) is 19.8 Å². The molecule has 1 aliphatic rings. The van der Waals surface area contributed by atoms with Gasteiger partial charge in [0.15, 0.2) is 0 Å². The van der Waals surface area contributed by atoms with Crippen LogP contribution in [0.3, 0.4) is 0 Å². The highest BCUT2D eigenvalue weighted by atomic mass is 16.5. The minimum absolute atomic E-state index is 0.186. The number of hydrogen-bond donors (Lipinski definition) is 0. The average molecular weight is 226 g/mol. The van der Waals surface area contributed by atoms with Gasteiger partial charge in [-0.3, -0.25) is 4.79 Å². The monoisotopic (exact) mass is 226 g/mol. The molecule has 1 rings (SSSR count). The van der Waals surface area contributed by atoms with Crippen LogP contribution < -0.4 is 0 Å². The summed E-state index contributed by atoms with van der Waals surface area (Å²) in [7, 11) is 0. The van der Waals surface area contributed by atoms with Crippen LogP contribution in [0.15, 0.2) is 0 Å². The molecule has 3 nitrogen and oxygen atoms in total. The van der Waals surface area contributed by atoms with E-state index in [9.17, 15) is 9.59 Å². The molecule has 0 radical (unpaired) electrons. The van der Waals surface area contributed by atoms with E-state index in [2.05, 4.69) is 6.92 Å². The largest absolute Gasteiger partial charge is 0.466 e. The predicted octanol–water partition coefficient (Wildman–Crippen LogP) is 2.58. The fraction of sp³-hybridized carbons (Fsp3) is 0.846. The Morgan fingerprint density at radius 3 is 2.50 bits per heavy atom. The second kappa shape index (κ2) is 6.66. The smallest absolute Gasteiger partial charge is 0.309 e. The molecule has 0 spiro atoms. The van der Waals surface area contributed by atoms with Crippen molar-refractivity contribution in [2.75, 3.05) is 6.61 Å². The van der Waals surface area contributed by atoms with Crippen LogP contribution in [0.5, 0.6) is 0 Å². The maximum Gasteiger partial charge on any atom is 0.309 e. The number of hydrogen-bond acceptors (Lipinski definition) is 3. The maximum atomic E-state index is 11.7. The fourth-order valence-electron chi connectivity index (χ4n) is 2.52. The lowest BCUT2D eigenvalue weighted by molar-refractivity contribution is -0.151. The van der Waals surface area contributed by atoms with E-state index in [1.807, 2.05) is 0 Å². The lowest BCUT2D eigenvalue weighted by Crippen LogP contribution is -2.29. The predicted molar refractivity (Wildman–Crippen MR) is 61.9 cm³/mol. The van der Waals surface area contributed by atoms with Crippen LogP contribution in [0.4, 0.5) is 0 Å². The summed E-state index contributed by atoms with van der Waals surface area (Å²) in [5, 5.41) is 0. The zero-order valence-corrected chi connectivity index (χ0v) is 10.3. The van der Waals surface area contributed by atoms with E-state index in [0.717, 1.165) is 25.0 Å². The van der Waals surface area contributed by atoms with Gasteiger partial charge in [-0.25, -0.2) is 0 Å². The Labute approximate surface area is 97.5 Å². The minimum Gasteiger partial charge on any atom is -0.466 e. The van der Waals surface area contributed by atoms with Crippen molar-refractivity contribution in [2.45, 2.75) is 46.0 Å². The summed E-state index contributed by atoms with van der Waals surface area (Å²) >= 11 is 0. The van der Waals surface area contributed by atoms with Crippen molar-refractivity contribution in [3.8, 4) is 0 Å². The zero-order valence-electron chi connectivity index (χ0n) is 10.3. The topological polar surface area (TPSA) is 43.4 Å². The van der Waals surface area contributed by atoms with Crippen LogP contribution in [0, 0.1) is 17.8 Å². The summed E-state index contributed by atoms with van der Waals surface area (Å²) < 4.78 is 5.04. The molecule has 3 heteroatoms. The number of rotatable bonds is 5. The Morgan fingerprint density at radius 1 is 1.38 bits per heavy atom. The van der Waals surface area contributed by atoms with Crippen molar-refractivity contribution < 1.29 is 14.3 Å². The van der Waals surface area contributed by atoms with Gasteiger partial charge in [-0.05, 0) is 31.6 Å². The van der Waals surface area contributed by atoms with Crippen LogP contribution in [0.2, 0.25) is 0 Å². The molecular formula is C13H22O3. The fourth-order valence-corrected chi connectivity index (χ4v) is 2.52. The third-order valence-corrected chi connectivity index (χ3v) is 3.57. The molecule has 0 aromatic carbocycles. The summed E-state index contributed by atoms with van der Waals surface area (Å²) in [6.07, 6.45) is 5.60. The lowest BCUT2D eigenvalue weighted by atomic mass is 9.75. The molecule has 16 heavy (non-hydrogen) atoms. The third-order valence-electron chi connectivity index (χ3n) is 3.57. The standard InChI is InChI=1S/C13H22O3/c1-3-16-13(15)12(8-9-14)11-6-4-10(2)5-7-11/h9-12H,3-8H2,1-2H3. The Bertz CT molecular complexity index is 229. The van der Waals surface area contributed by atoms with Crippen LogP contribution in [-0.2, 0) is 14.3 Å². The van der Waals surface area contributed by atoms with Gasteiger partial charge in [0.25, 0.3) is 0 Å². The molecular weight excluding hydrogens is 204 g/mol. The number of carbonyl (C=O) groups is 2. The zero-order chi connectivity index (χ0) is 12.0. The Balaban J connectivity index is 2.55. The van der Waals surface area contributed by atoms with E-state index < -0.39 is 0 Å². The number of aldehydes is 1. The van der Waals surface area contributed by atoms with E-state index in [4.69, 9.17) is 4.74 Å². The van der Waals surface area contributed by atoms with Crippen molar-refractivity contribution in [3.63, 3.8) is 0 Å². The van der Waals surface area contributed by atoms with Crippen LogP contribution >= 0.6 is 0 Å². The number of esters is 1. The van der Waals surface area contributed by atoms with Gasteiger partial charge in [0.2, 0.25) is 0 Å². The quantitative estimate of drug-likeness (QED) is 0.534. The highest BCUT2D eigenvalue weighted by Gasteiger charge is 2.31. The van der Waals surface area contributed by atoms with Crippen LogP contribution in [-0.4, -0.2) is 18.9 Å². The highest BCUT2D eigenvalue weighted by molar-refractivity contribution is 5.75. The van der Waals surface area contributed by atoms with Gasteiger partial charge in [0, 0.05) is 6.42 Å². The first-order valence-corrected chi connectivity index (χ1v) is 6.29. The Hall–Kier alpha value is -0.860. The van der Waals surface area contributed by atoms with E-state index >= 15 is 0 Å². The summed E-state index contributed by atoms with van der Waals surface area (Å²) in [5.74, 6) is 0.717. The van der Waals surface area contributed by atoms with Gasteiger partial charge >= 0.3 is 5.97 Å². The maximum absolute atomic E-state index is 11.7. The highest BCUT2D eigenvalue weighted by Crippen LogP contribution is 2.34. The van der Waals surface area contributed by atoms with Crippen molar-refractivity contribution >= 4 is 12.3 Å². The SMILES string of the molecule is CCOC(=O)C(CC=O)C1CCC(C)CC1. The molecule has 1 atom stereocenters. The first kappa shape index (κ1) is 13.2. The Kier molecular flexibility index (Phi) is 5.50. The van der Waals surface area contributed by atoms with Gasteiger partial charge < -0.3 is 9.53 Å². The molecule has 0 N–H and O–H groups in total. The summed E-state index contributed by atoms with van der Waals surface area (Å²) in [6.45, 7) is 4.45. The minimum atomic E-state index is -0.204. The molecule has 0 amide bonds. The third kappa shape index (κ3) is 3.62. The number of ether oxygens (including phenoxy) is 1. The second-order valence-electron chi connectivity index (χ2n) is 4.78. The van der Waals surface area contributed by atoms with E-state index in [1.165, 1.54) is 12.8 Å². The molecule has 0 heterocycles. The molecule has 1 saturated carbocycles. The van der Waals surface area contributed by atoms with E-state index in [0.29, 0.717) is 18.9 Å². The summed E-state index contributed by atoms with van der Waals surface area (Å²) in [5.41, 5.74) is 0. The average Bonchev–Trinajstić information content (AvgIpc) is 2.28. The normalized spacial score (nSPS) is 27.1. The first-order valence-electron chi connectivity index (χ1n) is 6.29. The van der Waals surface area contributed by atoms with Gasteiger partial charge in [0.1, 0.15) is 6.29 Å².